The molecule has 138 valence electrons. The first kappa shape index (κ1) is 18.5. The van der Waals surface area contributed by atoms with Crippen molar-refractivity contribution in [3.63, 3.8) is 0 Å². The SMILES string of the molecule is CCCC1=C(O)C(Cc2ccc(N)cc2)=CC(=Nc2ccc(N)cc2)C1=O. The number of carbonyl (C=O) groups excluding carboxylic acids is 1. The number of aliphatic imine (C=N–C) groups is 1. The molecule has 0 heterocycles. The lowest BCUT2D eigenvalue weighted by atomic mass is 9.88. The third-order valence-corrected chi connectivity index (χ3v) is 4.42. The number of nitrogens with zero attached hydrogens (tertiary/aromatic N) is 1. The summed E-state index contributed by atoms with van der Waals surface area (Å²) in [5.74, 6) is -0.165. The first-order valence-corrected chi connectivity index (χ1v) is 8.94. The van der Waals surface area contributed by atoms with Crippen molar-refractivity contribution in [2.45, 2.75) is 26.2 Å². The molecule has 2 aromatic carbocycles. The van der Waals surface area contributed by atoms with Gasteiger partial charge in [0.25, 0.3) is 0 Å². The number of hydrogen-bond acceptors (Lipinski definition) is 5. The molecule has 0 spiro atoms. The first-order chi connectivity index (χ1) is 13.0. The highest BCUT2D eigenvalue weighted by Crippen LogP contribution is 2.27. The Morgan fingerprint density at radius 2 is 1.56 bits per heavy atom. The van der Waals surface area contributed by atoms with E-state index in [4.69, 9.17) is 11.5 Å². The Balaban J connectivity index is 2.00. The summed E-state index contributed by atoms with van der Waals surface area (Å²) in [5, 5.41) is 10.7. The molecule has 0 aliphatic heterocycles. The molecule has 0 amide bonds. The summed E-state index contributed by atoms with van der Waals surface area (Å²) >= 11 is 0. The lowest BCUT2D eigenvalue weighted by Gasteiger charge is -2.18. The van der Waals surface area contributed by atoms with Gasteiger partial charge in [0.05, 0.1) is 5.69 Å². The van der Waals surface area contributed by atoms with E-state index >= 15 is 0 Å². The van der Waals surface area contributed by atoms with Crippen molar-refractivity contribution in [1.29, 1.82) is 0 Å². The van der Waals surface area contributed by atoms with E-state index in [1.54, 1.807) is 30.3 Å². The second-order valence-corrected chi connectivity index (χ2v) is 6.58. The number of allylic oxidation sites excluding steroid dienone is 3. The molecular weight excluding hydrogens is 338 g/mol. The van der Waals surface area contributed by atoms with Crippen LogP contribution in [0.15, 0.2) is 76.5 Å². The zero-order chi connectivity index (χ0) is 19.4. The van der Waals surface area contributed by atoms with Crippen LogP contribution in [0.1, 0.15) is 25.3 Å². The predicted molar refractivity (Wildman–Crippen MR) is 110 cm³/mol. The van der Waals surface area contributed by atoms with E-state index in [1.807, 2.05) is 31.2 Å². The van der Waals surface area contributed by atoms with E-state index in [9.17, 15) is 9.90 Å². The number of benzene rings is 2. The number of hydrogen-bond donors (Lipinski definition) is 3. The standard InChI is InChI=1S/C22H23N3O2/c1-2-3-19-21(26)15(12-14-4-6-16(23)7-5-14)13-20(22(19)27)25-18-10-8-17(24)9-11-18/h4-11,13,26H,2-3,12,23-24H2,1H3. The fourth-order valence-corrected chi connectivity index (χ4v) is 3.00. The number of aliphatic hydroxyl groups excluding tert-OH is 1. The molecule has 5 N–H and O–H groups in total. The fraction of sp³-hybridized carbons (Fsp3) is 0.182. The zero-order valence-corrected chi connectivity index (χ0v) is 15.3. The highest BCUT2D eigenvalue weighted by atomic mass is 16.3. The lowest BCUT2D eigenvalue weighted by molar-refractivity contribution is -0.110. The largest absolute Gasteiger partial charge is 0.507 e. The first-order valence-electron chi connectivity index (χ1n) is 8.94. The molecule has 0 unspecified atom stereocenters. The number of ketones is 1. The maximum atomic E-state index is 12.8. The predicted octanol–water partition coefficient (Wildman–Crippen LogP) is 4.29. The van der Waals surface area contributed by atoms with Crippen molar-refractivity contribution in [3.8, 4) is 0 Å². The molecule has 0 fully saturated rings. The van der Waals surface area contributed by atoms with E-state index < -0.39 is 0 Å². The minimum atomic E-state index is -0.229. The number of nitrogens with two attached hydrogens (primary N) is 2. The van der Waals surface area contributed by atoms with Gasteiger partial charge >= 0.3 is 0 Å². The Bertz CT molecular complexity index is 937. The number of carbonyl (C=O) groups is 1. The minimum absolute atomic E-state index is 0.0648. The molecule has 0 saturated heterocycles. The number of anilines is 2. The molecule has 1 aliphatic rings. The van der Waals surface area contributed by atoms with E-state index in [0.717, 1.165) is 12.0 Å². The summed E-state index contributed by atoms with van der Waals surface area (Å²) in [6.45, 7) is 1.97. The van der Waals surface area contributed by atoms with Gasteiger partial charge in [-0.15, -0.1) is 0 Å². The van der Waals surface area contributed by atoms with Crippen molar-refractivity contribution in [1.82, 2.24) is 0 Å². The third-order valence-electron chi connectivity index (χ3n) is 4.42. The molecule has 0 saturated carbocycles. The lowest BCUT2D eigenvalue weighted by Crippen LogP contribution is -2.22. The second kappa shape index (κ2) is 7.91. The van der Waals surface area contributed by atoms with Crippen molar-refractivity contribution < 1.29 is 9.90 Å². The van der Waals surface area contributed by atoms with Gasteiger partial charge < -0.3 is 16.6 Å². The molecular formula is C22H23N3O2. The van der Waals surface area contributed by atoms with Crippen LogP contribution in [0.3, 0.4) is 0 Å². The minimum Gasteiger partial charge on any atom is -0.507 e. The fourth-order valence-electron chi connectivity index (χ4n) is 3.00. The Hall–Kier alpha value is -3.34. The van der Waals surface area contributed by atoms with Gasteiger partial charge in [0.2, 0.25) is 5.78 Å². The van der Waals surface area contributed by atoms with Gasteiger partial charge in [-0.25, -0.2) is 4.99 Å². The van der Waals surface area contributed by atoms with Crippen LogP contribution in [0, 0.1) is 0 Å². The van der Waals surface area contributed by atoms with Gasteiger partial charge in [0.1, 0.15) is 11.5 Å². The molecule has 0 aromatic heterocycles. The summed E-state index contributed by atoms with van der Waals surface area (Å²) in [7, 11) is 0. The summed E-state index contributed by atoms with van der Waals surface area (Å²) in [6.07, 6.45) is 3.43. The average molecular weight is 361 g/mol. The molecule has 1 aliphatic carbocycles. The van der Waals surface area contributed by atoms with E-state index in [1.165, 1.54) is 0 Å². The van der Waals surface area contributed by atoms with Gasteiger partial charge in [-0.3, -0.25) is 4.79 Å². The van der Waals surface area contributed by atoms with E-state index in [-0.39, 0.29) is 11.5 Å². The topological polar surface area (TPSA) is 102 Å². The van der Waals surface area contributed by atoms with Gasteiger partial charge in [0.15, 0.2) is 0 Å². The van der Waals surface area contributed by atoms with E-state index in [0.29, 0.717) is 46.8 Å². The van der Waals surface area contributed by atoms with Crippen molar-refractivity contribution in [3.05, 3.63) is 77.1 Å². The van der Waals surface area contributed by atoms with Crippen LogP contribution in [0.25, 0.3) is 0 Å². The Labute approximate surface area is 158 Å². The molecule has 0 atom stereocenters. The average Bonchev–Trinajstić information content (AvgIpc) is 2.66. The van der Waals surface area contributed by atoms with Crippen LogP contribution in [0.2, 0.25) is 0 Å². The zero-order valence-electron chi connectivity index (χ0n) is 15.3. The summed E-state index contributed by atoms with van der Waals surface area (Å²) < 4.78 is 0. The molecule has 27 heavy (non-hydrogen) atoms. The second-order valence-electron chi connectivity index (χ2n) is 6.58. The van der Waals surface area contributed by atoms with Crippen LogP contribution in [0.5, 0.6) is 0 Å². The molecule has 2 aromatic rings. The molecule has 5 nitrogen and oxygen atoms in total. The van der Waals surface area contributed by atoms with Crippen molar-refractivity contribution >= 4 is 28.6 Å². The van der Waals surface area contributed by atoms with Crippen LogP contribution >= 0.6 is 0 Å². The monoisotopic (exact) mass is 361 g/mol. The van der Waals surface area contributed by atoms with Crippen LogP contribution in [-0.2, 0) is 11.2 Å². The quantitative estimate of drug-likeness (QED) is 0.546. The molecule has 0 radical (unpaired) electrons. The molecule has 5 heteroatoms. The smallest absolute Gasteiger partial charge is 0.211 e. The maximum absolute atomic E-state index is 12.8. The van der Waals surface area contributed by atoms with Crippen LogP contribution in [-0.4, -0.2) is 16.6 Å². The van der Waals surface area contributed by atoms with Gasteiger partial charge in [0, 0.05) is 28.9 Å². The molecule has 0 bridgehead atoms. The van der Waals surface area contributed by atoms with Gasteiger partial charge in [-0.1, -0.05) is 25.5 Å². The summed E-state index contributed by atoms with van der Waals surface area (Å²) in [4.78, 5) is 17.3. The van der Waals surface area contributed by atoms with Crippen LogP contribution < -0.4 is 11.5 Å². The number of rotatable bonds is 5. The summed E-state index contributed by atoms with van der Waals surface area (Å²) in [5.41, 5.74) is 15.8. The maximum Gasteiger partial charge on any atom is 0.211 e. The van der Waals surface area contributed by atoms with Crippen molar-refractivity contribution in [2.24, 2.45) is 4.99 Å². The normalized spacial score (nSPS) is 16.0. The van der Waals surface area contributed by atoms with Gasteiger partial charge in [-0.05, 0) is 54.5 Å². The Kier molecular flexibility index (Phi) is 5.41. The highest BCUT2D eigenvalue weighted by molar-refractivity contribution is 6.51. The number of Topliss-reactive ketones (excluding diaryl/α,β-unsaturated/α-hetero) is 1. The van der Waals surface area contributed by atoms with Crippen LogP contribution in [0.4, 0.5) is 17.1 Å². The Morgan fingerprint density at radius 1 is 0.963 bits per heavy atom. The van der Waals surface area contributed by atoms with Crippen molar-refractivity contribution in [2.75, 3.05) is 11.5 Å². The highest BCUT2D eigenvalue weighted by Gasteiger charge is 2.26. The number of aliphatic hydroxyl groups is 1. The molecule has 3 rings (SSSR count). The van der Waals surface area contributed by atoms with Gasteiger partial charge in [-0.2, -0.15) is 0 Å². The number of nitrogen functional groups attached to an aromatic ring is 2. The Morgan fingerprint density at radius 3 is 2.15 bits per heavy atom. The van der Waals surface area contributed by atoms with E-state index in [2.05, 4.69) is 4.99 Å². The summed E-state index contributed by atoms with van der Waals surface area (Å²) in [6, 6.07) is 14.5. The third kappa shape index (κ3) is 4.26.